The van der Waals surface area contributed by atoms with E-state index in [1.54, 1.807) is 18.1 Å². The zero-order valence-electron chi connectivity index (χ0n) is 9.32. The minimum Gasteiger partial charge on any atom is -0.360 e. The fourth-order valence-corrected chi connectivity index (χ4v) is 1.03. The largest absolute Gasteiger partial charge is 0.360 e. The fourth-order valence-electron chi connectivity index (χ4n) is 1.03. The predicted molar refractivity (Wildman–Crippen MR) is 58.6 cm³/mol. The van der Waals surface area contributed by atoms with Gasteiger partial charge < -0.3 is 10.2 Å². The van der Waals surface area contributed by atoms with Crippen molar-refractivity contribution < 1.29 is 4.79 Å². The van der Waals surface area contributed by atoms with Crippen molar-refractivity contribution in [3.05, 3.63) is 17.8 Å². The van der Waals surface area contributed by atoms with Gasteiger partial charge in [0.15, 0.2) is 0 Å². The predicted octanol–water partition coefficient (Wildman–Crippen LogP) is 0.675. The molecule has 15 heavy (non-hydrogen) atoms. The third-order valence-electron chi connectivity index (χ3n) is 2.11. The zero-order chi connectivity index (χ0) is 11.3. The smallest absolute Gasteiger partial charge is 0.241 e. The van der Waals surface area contributed by atoms with E-state index in [1.165, 1.54) is 0 Å². The molecule has 1 heterocycles. The summed E-state index contributed by atoms with van der Waals surface area (Å²) in [6, 6.07) is 1.85. The number of hydrogen-bond donors (Lipinski definition) is 1. The topological polar surface area (TPSA) is 58.1 Å². The van der Waals surface area contributed by atoms with E-state index in [-0.39, 0.29) is 12.5 Å². The Morgan fingerprint density at radius 2 is 2.33 bits per heavy atom. The fraction of sp³-hybridized carbons (Fsp3) is 0.500. The molecule has 1 amide bonds. The van der Waals surface area contributed by atoms with Gasteiger partial charge in [-0.25, -0.2) is 0 Å². The summed E-state index contributed by atoms with van der Waals surface area (Å²) in [5.74, 6) is 0.675. The summed E-state index contributed by atoms with van der Waals surface area (Å²) in [5, 5.41) is 10.6. The Morgan fingerprint density at radius 1 is 1.60 bits per heavy atom. The molecule has 1 N–H and O–H groups in total. The number of nitrogens with zero attached hydrogens (tertiary/aromatic N) is 3. The number of anilines is 1. The number of carbonyl (C=O) groups excluding carboxylic acids is 1. The number of nitrogens with one attached hydrogen (secondary N) is 1. The molecule has 82 valence electrons. The first-order chi connectivity index (χ1) is 7.13. The average Bonchev–Trinajstić information content (AvgIpc) is 2.25. The van der Waals surface area contributed by atoms with Gasteiger partial charge >= 0.3 is 0 Å². The standard InChI is InChI=1S/C10H16N4O/c1-4-14(3)10(15)7-11-9-5-8(2)6-12-13-9/h5-6H,4,7H2,1-3H3,(H,11,13). The maximum absolute atomic E-state index is 11.4. The summed E-state index contributed by atoms with van der Waals surface area (Å²) in [4.78, 5) is 13.1. The van der Waals surface area contributed by atoms with Crippen molar-refractivity contribution >= 4 is 11.7 Å². The third kappa shape index (κ3) is 3.53. The van der Waals surface area contributed by atoms with Gasteiger partial charge in [0.25, 0.3) is 0 Å². The van der Waals surface area contributed by atoms with Crippen LogP contribution in [0.5, 0.6) is 0 Å². The van der Waals surface area contributed by atoms with Gasteiger partial charge in [0.2, 0.25) is 5.91 Å². The van der Waals surface area contributed by atoms with Gasteiger partial charge in [0.1, 0.15) is 5.82 Å². The summed E-state index contributed by atoms with van der Waals surface area (Å²) < 4.78 is 0. The Labute approximate surface area is 89.5 Å². The van der Waals surface area contributed by atoms with Crippen molar-refractivity contribution in [3.63, 3.8) is 0 Å². The molecule has 0 saturated heterocycles. The Hall–Kier alpha value is -1.65. The summed E-state index contributed by atoms with van der Waals surface area (Å²) in [6.07, 6.45) is 1.67. The maximum Gasteiger partial charge on any atom is 0.241 e. The molecule has 0 aliphatic rings. The van der Waals surface area contributed by atoms with E-state index in [1.807, 2.05) is 19.9 Å². The molecule has 0 fully saturated rings. The van der Waals surface area contributed by atoms with Crippen molar-refractivity contribution in [1.82, 2.24) is 15.1 Å². The normalized spacial score (nSPS) is 9.80. The van der Waals surface area contributed by atoms with Gasteiger partial charge in [-0.15, -0.1) is 5.10 Å². The molecular formula is C10H16N4O. The molecule has 1 aromatic rings. The van der Waals surface area contributed by atoms with Crippen LogP contribution >= 0.6 is 0 Å². The lowest BCUT2D eigenvalue weighted by atomic mass is 10.3. The van der Waals surface area contributed by atoms with E-state index >= 15 is 0 Å². The van der Waals surface area contributed by atoms with Gasteiger partial charge in [-0.3, -0.25) is 4.79 Å². The first kappa shape index (κ1) is 11.4. The maximum atomic E-state index is 11.4. The molecule has 5 nitrogen and oxygen atoms in total. The van der Waals surface area contributed by atoms with Crippen molar-refractivity contribution in [1.29, 1.82) is 0 Å². The highest BCUT2D eigenvalue weighted by Crippen LogP contribution is 2.02. The Kier molecular flexibility index (Phi) is 4.03. The lowest BCUT2D eigenvalue weighted by Gasteiger charge is -2.14. The van der Waals surface area contributed by atoms with Crippen LogP contribution < -0.4 is 5.32 Å². The quantitative estimate of drug-likeness (QED) is 0.790. The first-order valence-corrected chi connectivity index (χ1v) is 4.90. The molecule has 0 radical (unpaired) electrons. The molecule has 0 bridgehead atoms. The highest BCUT2D eigenvalue weighted by Gasteiger charge is 2.06. The van der Waals surface area contributed by atoms with Crippen LogP contribution in [-0.2, 0) is 4.79 Å². The van der Waals surface area contributed by atoms with E-state index in [2.05, 4.69) is 15.5 Å². The van der Waals surface area contributed by atoms with Gasteiger partial charge in [-0.2, -0.15) is 5.10 Å². The second kappa shape index (κ2) is 5.29. The lowest BCUT2D eigenvalue weighted by molar-refractivity contribution is -0.127. The number of carbonyl (C=O) groups is 1. The number of likely N-dealkylation sites (N-methyl/N-ethyl adjacent to an activating group) is 1. The lowest BCUT2D eigenvalue weighted by Crippen LogP contribution is -2.32. The molecule has 1 rings (SSSR count). The van der Waals surface area contributed by atoms with Crippen LogP contribution in [0.3, 0.4) is 0 Å². The van der Waals surface area contributed by atoms with Gasteiger partial charge in [0, 0.05) is 13.6 Å². The molecule has 5 heteroatoms. The van der Waals surface area contributed by atoms with Crippen LogP contribution in [-0.4, -0.2) is 41.1 Å². The van der Waals surface area contributed by atoms with Crippen LogP contribution in [0.25, 0.3) is 0 Å². The van der Waals surface area contributed by atoms with Crippen LogP contribution in [0, 0.1) is 6.92 Å². The Balaban J connectivity index is 2.47. The molecule has 0 atom stereocenters. The molecule has 1 aromatic heterocycles. The third-order valence-corrected chi connectivity index (χ3v) is 2.11. The van der Waals surface area contributed by atoms with E-state index in [9.17, 15) is 4.79 Å². The summed E-state index contributed by atoms with van der Waals surface area (Å²) >= 11 is 0. The minimum atomic E-state index is 0.0424. The second-order valence-electron chi connectivity index (χ2n) is 3.38. The molecule has 0 aliphatic heterocycles. The number of aromatic nitrogens is 2. The van der Waals surface area contributed by atoms with E-state index in [0.29, 0.717) is 12.4 Å². The number of aryl methyl sites for hydroxylation is 1. The molecular weight excluding hydrogens is 192 g/mol. The van der Waals surface area contributed by atoms with Gasteiger partial charge in [-0.05, 0) is 25.5 Å². The molecule has 0 aliphatic carbocycles. The molecule has 0 spiro atoms. The zero-order valence-corrected chi connectivity index (χ0v) is 9.32. The van der Waals surface area contributed by atoms with Crippen molar-refractivity contribution in [2.75, 3.05) is 25.5 Å². The number of amides is 1. The minimum absolute atomic E-state index is 0.0424. The van der Waals surface area contributed by atoms with Gasteiger partial charge in [-0.1, -0.05) is 0 Å². The molecule has 0 unspecified atom stereocenters. The van der Waals surface area contributed by atoms with Crippen LogP contribution in [0.2, 0.25) is 0 Å². The van der Waals surface area contributed by atoms with Crippen LogP contribution in [0.4, 0.5) is 5.82 Å². The molecule has 0 aromatic carbocycles. The highest BCUT2D eigenvalue weighted by molar-refractivity contribution is 5.80. The van der Waals surface area contributed by atoms with Crippen molar-refractivity contribution in [3.8, 4) is 0 Å². The van der Waals surface area contributed by atoms with E-state index < -0.39 is 0 Å². The van der Waals surface area contributed by atoms with E-state index in [0.717, 1.165) is 5.56 Å². The number of hydrogen-bond acceptors (Lipinski definition) is 4. The Morgan fingerprint density at radius 3 is 2.93 bits per heavy atom. The summed E-state index contributed by atoms with van der Waals surface area (Å²) in [5.41, 5.74) is 1.02. The van der Waals surface area contributed by atoms with Crippen LogP contribution in [0.15, 0.2) is 12.3 Å². The van der Waals surface area contributed by atoms with Crippen LogP contribution in [0.1, 0.15) is 12.5 Å². The van der Waals surface area contributed by atoms with E-state index in [4.69, 9.17) is 0 Å². The second-order valence-corrected chi connectivity index (χ2v) is 3.38. The highest BCUT2D eigenvalue weighted by atomic mass is 16.2. The SMILES string of the molecule is CCN(C)C(=O)CNc1cc(C)cnn1. The summed E-state index contributed by atoms with van der Waals surface area (Å²) in [6.45, 7) is 4.83. The monoisotopic (exact) mass is 208 g/mol. The van der Waals surface area contributed by atoms with Crippen molar-refractivity contribution in [2.24, 2.45) is 0 Å². The summed E-state index contributed by atoms with van der Waals surface area (Å²) in [7, 11) is 1.77. The first-order valence-electron chi connectivity index (χ1n) is 4.90. The Bertz CT molecular complexity index is 340. The number of rotatable bonds is 4. The van der Waals surface area contributed by atoms with Gasteiger partial charge in [0.05, 0.1) is 12.7 Å². The van der Waals surface area contributed by atoms with Crippen molar-refractivity contribution in [2.45, 2.75) is 13.8 Å². The average molecular weight is 208 g/mol. The molecule has 0 saturated carbocycles.